The summed E-state index contributed by atoms with van der Waals surface area (Å²) in [5, 5.41) is 2.79. The molecule has 14 aliphatic rings. The van der Waals surface area contributed by atoms with E-state index in [2.05, 4.69) is 298 Å². The summed E-state index contributed by atoms with van der Waals surface area (Å²) in [6.45, 7) is 53.8. The maximum Gasteiger partial charge on any atom is 2.00 e. The van der Waals surface area contributed by atoms with Crippen LogP contribution in [-0.4, -0.2) is 95.1 Å². The molecule has 8 saturated carbocycles. The first-order valence-corrected chi connectivity index (χ1v) is 71.6. The second kappa shape index (κ2) is 60.8. The van der Waals surface area contributed by atoms with E-state index < -0.39 is 0 Å². The van der Waals surface area contributed by atoms with E-state index in [-0.39, 0.29) is 48.2 Å². The van der Waals surface area contributed by atoms with E-state index in [9.17, 15) is 0 Å². The molecule has 26 atom stereocenters. The predicted molar refractivity (Wildman–Crippen MR) is 661 cm³/mol. The molecule has 820 valence electrons. The zero-order valence-electron chi connectivity index (χ0n) is 98.5. The summed E-state index contributed by atoms with van der Waals surface area (Å²) < 4.78 is 6.55. The van der Waals surface area contributed by atoms with Crippen LogP contribution in [-0.2, 0) is 21.4 Å². The summed E-state index contributed by atoms with van der Waals surface area (Å²) in [6.07, 6.45) is 63.3. The topological polar surface area (TPSA) is 35.0 Å². The number of hydrogen-bond donors (Lipinski definition) is 0. The van der Waals surface area contributed by atoms with Gasteiger partial charge in [-0.25, -0.2) is 9.97 Å². The van der Waals surface area contributed by atoms with Gasteiger partial charge >= 0.3 is 17.1 Å². The van der Waals surface area contributed by atoms with Crippen LogP contribution in [0, 0.1) is 74.0 Å². The Morgan fingerprint density at radius 1 is 0.252 bits per heavy atom. The van der Waals surface area contributed by atoms with E-state index in [1.54, 1.807) is 73.1 Å². The fraction of sp³-hybridized carbons (Fsp3) is 0.723. The van der Waals surface area contributed by atoms with Crippen molar-refractivity contribution < 1.29 is 21.4 Å². The molecule has 6 aromatic carbocycles. The molecular formula is C137H218FeN2OP6. The van der Waals surface area contributed by atoms with Gasteiger partial charge in [0, 0.05) is 50.8 Å². The quantitative estimate of drug-likeness (QED) is 0.0308. The van der Waals surface area contributed by atoms with Gasteiger partial charge in [-0.1, -0.05) is 407 Å². The molecule has 147 heavy (non-hydrogen) atoms. The number of benzene rings is 6. The normalized spacial score (nSPS) is 33.2. The van der Waals surface area contributed by atoms with Crippen LogP contribution in [0.2, 0.25) is 0 Å². The van der Waals surface area contributed by atoms with Crippen molar-refractivity contribution in [1.82, 2.24) is 9.97 Å². The van der Waals surface area contributed by atoms with Crippen molar-refractivity contribution in [2.45, 2.75) is 561 Å². The third kappa shape index (κ3) is 29.4. The summed E-state index contributed by atoms with van der Waals surface area (Å²) in [5.74, 6) is 15.1. The van der Waals surface area contributed by atoms with Crippen molar-refractivity contribution in [1.29, 1.82) is 0 Å². The van der Waals surface area contributed by atoms with Crippen molar-refractivity contribution in [3.05, 3.63) is 205 Å². The summed E-state index contributed by atoms with van der Waals surface area (Å²) in [6, 6.07) is 55.1. The van der Waals surface area contributed by atoms with Crippen LogP contribution in [0.5, 0.6) is 0 Å². The molecule has 14 fully saturated rings. The summed E-state index contributed by atoms with van der Waals surface area (Å²) in [4.78, 5) is 10.7. The first kappa shape index (κ1) is 124. The molecule has 10 heteroatoms. The SMILES string of the molecule is C1CCCC1.CC[C@@H]1CC[C@@H](CC)C1c1ccccc1C1[C@H](CC)CC[C@H]1CC.CC[C@@H]1CC[C@@H](CC)C1c1nc2ccccc2nc1C1[C@H](CC)CC[C@H]1CC.CC[C@@H]1CC[C@@H](CC)P1C1CCCC1P1[C@H](CC)CC[C@H]1CC.C[C@@H]1CC[C@@H](C)C1c1cc2ccccc2cc1C1[C@H](c2ccccc2)CC[C@H]1c1ccccc1.C[C@@H]1CC[C@@H](C)P1CP1[C@H](C)CC[C@H]1C.C[C@@H]1CC[C@@H](C)P1OP1[C@H](C)CC[C@H]1C.[CH3-].[CH3-].[Fe+2]. The summed E-state index contributed by atoms with van der Waals surface area (Å²) in [7, 11) is 1.27. The van der Waals surface area contributed by atoms with E-state index in [1.165, 1.54) is 282 Å². The van der Waals surface area contributed by atoms with Crippen molar-refractivity contribution in [2.24, 2.45) is 59.2 Å². The van der Waals surface area contributed by atoms with Gasteiger partial charge in [0.05, 0.1) is 22.4 Å². The average molecular weight is 2150 g/mol. The molecule has 0 amide bonds. The standard InChI is InChI=1S/C34H36.C26H38N2.C24H38.C21H40P2.C13H26P2.C12H24OP2.C5H10.2CH3.Fe/c1-23-17-18-24(2)33(23)31-21-27-15-9-10-16-28(27)22-32(31)34-29(25-11-5-3-6-12-25)19-20-30(34)26-13-7-4-8-14-26;1-5-17-13-14-18(6-2)23(17)25-26(24-19(7-3)15-16-20(24)8-4)28-22-12-10-9-11-21(22)27-25;1-5-17-13-14-18(6-2)23(17)21-11-9-10-12-22(21)24-19(7-3)15-16-20(24)8-4;1-5-16-12-13-17(6-2)22(16)20-10-9-11-21(20)23-18(7-3)14-15-19(23)8-4;1-10-5-6-11(2)14(10)9-15-12(3)7-8-13(15)4;1-9-5-6-10(2)14(9)13-15-11(3)7-8-12(15)4;1-2-4-5-3-1;;;/h3-16,21-24,29-30,33-34H,17-20H2,1-2H3;9-12,17-20,23-24H,5-8,13-16H2,1-4H3;9-12,17-20,23-24H,5-8,13-16H2,1-4H3;16-21H,5-15H2,1-4H3;10-13H,5-9H2,1-4H3;9-12H,5-8H2,1-4H3;1-5H2;2*1H3;/q;;;;;;;2*-1;+2/t23-,24-,29+,30+;2*17-,18-,19-,20-;16-,17-,18-,19-,20?,21?;10-,11-,12-,13-;9-,10-,11-,12-;;;;/m111111..../s1. The van der Waals surface area contributed by atoms with Gasteiger partial charge in [-0.3, -0.25) is 0 Å². The Labute approximate surface area is 925 Å². The van der Waals surface area contributed by atoms with E-state index in [0.29, 0.717) is 67.2 Å². The molecule has 0 bridgehead atoms. The van der Waals surface area contributed by atoms with E-state index in [0.717, 1.165) is 150 Å². The minimum Gasteiger partial charge on any atom is -0.358 e. The van der Waals surface area contributed by atoms with Crippen LogP contribution < -0.4 is 0 Å². The van der Waals surface area contributed by atoms with Crippen LogP contribution in [0.4, 0.5) is 0 Å². The van der Waals surface area contributed by atoms with Crippen molar-refractivity contribution >= 4 is 69.8 Å². The van der Waals surface area contributed by atoms with E-state index in [1.807, 2.05) is 0 Å². The fourth-order valence-corrected chi connectivity index (χ4v) is 59.9. The van der Waals surface area contributed by atoms with Crippen molar-refractivity contribution in [2.75, 3.05) is 5.90 Å². The molecule has 2 unspecified atom stereocenters. The van der Waals surface area contributed by atoms with Crippen molar-refractivity contribution in [3.8, 4) is 0 Å². The summed E-state index contributed by atoms with van der Waals surface area (Å²) in [5.41, 5.74) is 29.4. The maximum absolute atomic E-state index is 6.55. The van der Waals surface area contributed by atoms with Crippen LogP contribution in [0.25, 0.3) is 21.8 Å². The zero-order valence-corrected chi connectivity index (χ0v) is 105. The smallest absolute Gasteiger partial charge is 0.358 e. The number of rotatable bonds is 26. The number of para-hydroxylation sites is 2. The molecule has 0 spiro atoms. The second-order valence-electron chi connectivity index (χ2n) is 50.1. The first-order valence-electron chi connectivity index (χ1n) is 62.4. The average Bonchev–Trinajstić information content (AvgIpc) is 1.62. The van der Waals surface area contributed by atoms with Gasteiger partial charge in [-0.05, 0) is 406 Å². The van der Waals surface area contributed by atoms with E-state index in [4.69, 9.17) is 14.3 Å². The van der Waals surface area contributed by atoms with Crippen LogP contribution in [0.3, 0.4) is 0 Å². The monoisotopic (exact) mass is 2150 g/mol. The molecule has 3 nitrogen and oxygen atoms in total. The molecule has 21 rings (SSSR count). The van der Waals surface area contributed by atoms with Crippen molar-refractivity contribution in [3.63, 3.8) is 0 Å². The van der Waals surface area contributed by atoms with E-state index >= 15 is 0 Å². The number of fused-ring (bicyclic) bond motifs is 2. The number of nitrogens with zero attached hydrogens (tertiary/aromatic N) is 2. The minimum absolute atomic E-state index is 0. The van der Waals surface area contributed by atoms with Crippen LogP contribution in [0.1, 0.15) is 527 Å². The molecule has 6 aliphatic heterocycles. The molecule has 0 N–H and O–H groups in total. The Balaban J connectivity index is 0.000000158. The Morgan fingerprint density at radius 3 is 0.823 bits per heavy atom. The van der Waals surface area contributed by atoms with Gasteiger partial charge in [-0.2, -0.15) is 0 Å². The van der Waals surface area contributed by atoms with Gasteiger partial charge in [0.25, 0.3) is 0 Å². The third-order valence-corrected chi connectivity index (χ3v) is 65.2. The van der Waals surface area contributed by atoms with Gasteiger partial charge in [0.15, 0.2) is 0 Å². The van der Waals surface area contributed by atoms with Crippen LogP contribution >= 0.6 is 48.0 Å². The summed E-state index contributed by atoms with van der Waals surface area (Å²) >= 11 is 0. The zero-order chi connectivity index (χ0) is 102. The molecule has 1 aromatic heterocycles. The Bertz CT molecular complexity index is 4490. The third-order valence-electron chi connectivity index (χ3n) is 42.2. The first-order chi connectivity index (χ1) is 70.1. The Hall–Kier alpha value is -2.02. The van der Waals surface area contributed by atoms with Gasteiger partial charge in [0.2, 0.25) is 0 Å². The molecule has 8 aliphatic carbocycles. The van der Waals surface area contributed by atoms with Gasteiger partial charge < -0.3 is 19.2 Å². The Morgan fingerprint density at radius 2 is 0.524 bits per heavy atom. The fourth-order valence-electron chi connectivity index (χ4n) is 33.6. The largest absolute Gasteiger partial charge is 2.00 e. The maximum atomic E-state index is 6.55. The molecular weight excluding hydrogens is 1930 g/mol. The number of hydrogen-bond acceptors (Lipinski definition) is 3. The number of aromatic nitrogens is 2. The van der Waals surface area contributed by atoms with Gasteiger partial charge in [-0.15, -0.1) is 0 Å². The Kier molecular flexibility index (Phi) is 51.1. The van der Waals surface area contributed by atoms with Crippen LogP contribution in [0.15, 0.2) is 146 Å². The minimum atomic E-state index is -0.103. The molecule has 7 heterocycles. The molecule has 7 aromatic rings. The molecule has 6 saturated heterocycles. The predicted octanol–water partition coefficient (Wildman–Crippen LogP) is 44.9. The second-order valence-corrected chi connectivity index (χ2v) is 68.5. The van der Waals surface area contributed by atoms with Gasteiger partial charge in [0.1, 0.15) is 0 Å². The molecule has 0 radical (unpaired) electrons.